The molecule has 5 atom stereocenters. The summed E-state index contributed by atoms with van der Waals surface area (Å²) in [4.78, 5) is 11.4. The Morgan fingerprint density at radius 3 is 2.36 bits per heavy atom. The second-order valence-electron chi connectivity index (χ2n) is 8.12. The third-order valence-corrected chi connectivity index (χ3v) is 9.94. The van der Waals surface area contributed by atoms with Crippen LogP contribution in [0.4, 0.5) is 0 Å². The first-order valence-electron chi connectivity index (χ1n) is 8.28. The molecule has 0 spiro atoms. The summed E-state index contributed by atoms with van der Waals surface area (Å²) in [6.07, 6.45) is -2.29. The molecule has 140 valence electrons. The van der Waals surface area contributed by atoms with Crippen molar-refractivity contribution < 1.29 is 24.0 Å². The average Bonchev–Trinajstić information content (AvgIpc) is 2.99. The Morgan fingerprint density at radius 2 is 1.92 bits per heavy atom. The van der Waals surface area contributed by atoms with Crippen molar-refractivity contribution in [1.29, 1.82) is 0 Å². The highest BCUT2D eigenvalue weighted by atomic mass is 28.4. The minimum atomic E-state index is -2.41. The van der Waals surface area contributed by atoms with Gasteiger partial charge in [-0.25, -0.2) is 0 Å². The summed E-state index contributed by atoms with van der Waals surface area (Å²) < 4.78 is 11.5. The summed E-state index contributed by atoms with van der Waals surface area (Å²) >= 11 is 0. The van der Waals surface area contributed by atoms with E-state index in [-0.39, 0.29) is 16.4 Å². The van der Waals surface area contributed by atoms with E-state index in [1.807, 2.05) is 33.9 Å². The first-order chi connectivity index (χ1) is 11.4. The average molecular weight is 369 g/mol. The van der Waals surface area contributed by atoms with Crippen LogP contribution in [-0.2, 0) is 4.43 Å². The second kappa shape index (κ2) is 6.68. The zero-order chi connectivity index (χ0) is 19.2. The van der Waals surface area contributed by atoms with E-state index in [0.29, 0.717) is 0 Å². The summed E-state index contributed by atoms with van der Waals surface area (Å²) in [5.74, 6) is -0.679. The van der Waals surface area contributed by atoms with E-state index in [1.54, 1.807) is 12.1 Å². The molecule has 0 saturated heterocycles. The third kappa shape index (κ3) is 3.57. The first kappa shape index (κ1) is 19.8. The van der Waals surface area contributed by atoms with Crippen LogP contribution >= 0.6 is 0 Å². The number of aliphatic hydroxyl groups excluding tert-OH is 2. The molecule has 1 aromatic heterocycles. The molecule has 1 fully saturated rings. The number of hydrogen-bond acceptors (Lipinski definition) is 6. The van der Waals surface area contributed by atoms with Gasteiger partial charge in [-0.05, 0) is 35.8 Å². The summed E-state index contributed by atoms with van der Waals surface area (Å²) in [5, 5.41) is 32.7. The Balaban J connectivity index is 2.48. The van der Waals surface area contributed by atoms with Gasteiger partial charge in [0.15, 0.2) is 8.32 Å². The van der Waals surface area contributed by atoms with E-state index in [0.717, 1.165) is 0 Å². The lowest BCUT2D eigenvalue weighted by Crippen LogP contribution is -2.60. The topological polar surface area (TPSA) is 106 Å². The summed E-state index contributed by atoms with van der Waals surface area (Å²) in [6.45, 7) is 13.7. The largest absolute Gasteiger partial charge is 0.469 e. The number of hydrogen-bond donors (Lipinski definition) is 2. The van der Waals surface area contributed by atoms with Crippen molar-refractivity contribution in [2.24, 2.45) is 0 Å². The van der Waals surface area contributed by atoms with Gasteiger partial charge < -0.3 is 19.1 Å². The van der Waals surface area contributed by atoms with Crippen molar-refractivity contribution in [3.05, 3.63) is 46.4 Å². The fourth-order valence-corrected chi connectivity index (χ4v) is 4.20. The van der Waals surface area contributed by atoms with E-state index >= 15 is 0 Å². The van der Waals surface area contributed by atoms with Gasteiger partial charge in [-0.3, -0.25) is 10.1 Å². The van der Waals surface area contributed by atoms with Gasteiger partial charge in [0.25, 0.3) is 6.04 Å². The number of aliphatic hydroxyl groups is 2. The van der Waals surface area contributed by atoms with Crippen LogP contribution in [0.2, 0.25) is 18.1 Å². The Kier molecular flexibility index (Phi) is 5.30. The minimum absolute atomic E-state index is 0.114. The van der Waals surface area contributed by atoms with Crippen LogP contribution in [0.15, 0.2) is 35.0 Å². The molecule has 1 heterocycles. The quantitative estimate of drug-likeness (QED) is 0.366. The highest BCUT2D eigenvalue weighted by molar-refractivity contribution is 6.74. The van der Waals surface area contributed by atoms with Gasteiger partial charge >= 0.3 is 0 Å². The maximum absolute atomic E-state index is 11.9. The zero-order valence-corrected chi connectivity index (χ0v) is 16.3. The Labute approximate surface area is 148 Å². The molecule has 7 nitrogen and oxygen atoms in total. The molecule has 8 heteroatoms. The highest BCUT2D eigenvalue weighted by Gasteiger charge is 2.57. The molecule has 0 aliphatic heterocycles. The summed E-state index contributed by atoms with van der Waals surface area (Å²) in [6, 6.07) is 1.85. The van der Waals surface area contributed by atoms with Crippen molar-refractivity contribution >= 4 is 8.32 Å². The Bertz CT molecular complexity index is 636. The lowest BCUT2D eigenvalue weighted by molar-refractivity contribution is -0.544. The van der Waals surface area contributed by atoms with E-state index in [4.69, 9.17) is 8.84 Å². The number of furan rings is 1. The molecular formula is C17H27NO6Si. The Morgan fingerprint density at radius 1 is 1.32 bits per heavy atom. The number of rotatable bonds is 4. The predicted octanol–water partition coefficient (Wildman–Crippen LogP) is 2.69. The molecule has 0 radical (unpaired) electrons. The van der Waals surface area contributed by atoms with Gasteiger partial charge in [0.1, 0.15) is 23.9 Å². The smallest absolute Gasteiger partial charge is 0.253 e. The molecule has 1 saturated carbocycles. The first-order valence-corrected chi connectivity index (χ1v) is 11.2. The zero-order valence-electron chi connectivity index (χ0n) is 15.3. The van der Waals surface area contributed by atoms with Crippen molar-refractivity contribution in [1.82, 2.24) is 0 Å². The van der Waals surface area contributed by atoms with Crippen molar-refractivity contribution in [3.8, 4) is 0 Å². The molecule has 1 aromatic rings. The molecule has 1 aliphatic rings. The van der Waals surface area contributed by atoms with Crippen LogP contribution < -0.4 is 0 Å². The van der Waals surface area contributed by atoms with Crippen LogP contribution in [-0.4, -0.2) is 47.8 Å². The van der Waals surface area contributed by atoms with Crippen LogP contribution in [0.25, 0.3) is 0 Å². The predicted molar refractivity (Wildman–Crippen MR) is 95.5 cm³/mol. The van der Waals surface area contributed by atoms with Crippen LogP contribution in [0.5, 0.6) is 0 Å². The van der Waals surface area contributed by atoms with E-state index in [2.05, 4.69) is 6.58 Å². The van der Waals surface area contributed by atoms with Crippen molar-refractivity contribution in [2.75, 3.05) is 0 Å². The van der Waals surface area contributed by atoms with E-state index in [1.165, 1.54) is 6.26 Å². The van der Waals surface area contributed by atoms with Crippen molar-refractivity contribution in [2.45, 2.75) is 69.2 Å². The fourth-order valence-electron chi connectivity index (χ4n) is 2.90. The number of nitrogens with zero attached hydrogens (tertiary/aromatic N) is 1. The highest BCUT2D eigenvalue weighted by Crippen LogP contribution is 2.44. The van der Waals surface area contributed by atoms with Crippen molar-refractivity contribution in [3.63, 3.8) is 0 Å². The lowest BCUT2D eigenvalue weighted by Gasteiger charge is -2.45. The van der Waals surface area contributed by atoms with Gasteiger partial charge in [-0.1, -0.05) is 27.4 Å². The lowest BCUT2D eigenvalue weighted by atomic mass is 9.75. The number of nitro groups is 1. The maximum Gasteiger partial charge on any atom is 0.253 e. The molecule has 25 heavy (non-hydrogen) atoms. The summed E-state index contributed by atoms with van der Waals surface area (Å²) in [7, 11) is -2.41. The SMILES string of the molecule is C=C1[C@@H](O)[C@@H](c2ccco2)[C@H]([N+](=O)[O-])[C@@H](O[Si](C)(C)C(C)(C)C)[C@H]1O. The normalized spacial score (nSPS) is 31.2. The monoisotopic (exact) mass is 369 g/mol. The molecule has 0 amide bonds. The van der Waals surface area contributed by atoms with Gasteiger partial charge in [0.05, 0.1) is 12.4 Å². The molecule has 2 rings (SSSR count). The minimum Gasteiger partial charge on any atom is -0.469 e. The van der Waals surface area contributed by atoms with Crippen LogP contribution in [0.3, 0.4) is 0 Å². The fraction of sp³-hybridized carbons (Fsp3) is 0.647. The van der Waals surface area contributed by atoms with E-state index < -0.39 is 43.5 Å². The standard InChI is InChI=1S/C17H27NO6Si/c1-10-14(19)12(11-8-7-9-23-11)13(18(21)22)16(15(10)20)24-25(5,6)17(2,3)4/h7-9,12-16,19-20H,1H2,2-6H3/t12-,13-,14+,15-,16+/m0/s1. The molecule has 2 N–H and O–H groups in total. The van der Waals surface area contributed by atoms with E-state index in [9.17, 15) is 20.3 Å². The molecule has 0 aromatic carbocycles. The molecule has 1 aliphatic carbocycles. The van der Waals surface area contributed by atoms with Gasteiger partial charge in [0, 0.05) is 4.92 Å². The van der Waals surface area contributed by atoms with Gasteiger partial charge in [0.2, 0.25) is 0 Å². The summed E-state index contributed by atoms with van der Waals surface area (Å²) in [5.41, 5.74) is 0.114. The molecule has 0 unspecified atom stereocenters. The van der Waals surface area contributed by atoms with Gasteiger partial charge in [-0.15, -0.1) is 0 Å². The van der Waals surface area contributed by atoms with Crippen LogP contribution in [0, 0.1) is 10.1 Å². The Hall–Kier alpha value is -1.48. The third-order valence-electron chi connectivity index (χ3n) is 5.47. The van der Waals surface area contributed by atoms with Gasteiger partial charge in [-0.2, -0.15) is 0 Å². The molecule has 0 bridgehead atoms. The molecular weight excluding hydrogens is 342 g/mol. The second-order valence-corrected chi connectivity index (χ2v) is 12.9. The van der Waals surface area contributed by atoms with Crippen LogP contribution in [0.1, 0.15) is 32.4 Å². The maximum atomic E-state index is 11.9.